The summed E-state index contributed by atoms with van der Waals surface area (Å²) in [5.41, 5.74) is 9.81. The van der Waals surface area contributed by atoms with Gasteiger partial charge in [0.25, 0.3) is 47.8 Å². The molecule has 0 radical (unpaired) electrons. The van der Waals surface area contributed by atoms with Gasteiger partial charge < -0.3 is 52.3 Å². The summed E-state index contributed by atoms with van der Waals surface area (Å²) in [6, 6.07) is 0. The predicted molar refractivity (Wildman–Crippen MR) is 153 cm³/mol. The van der Waals surface area contributed by atoms with Crippen molar-refractivity contribution in [2.24, 2.45) is 11.5 Å². The van der Waals surface area contributed by atoms with E-state index >= 15 is 0 Å². The molecule has 0 amide bonds. The Labute approximate surface area is 321 Å². The van der Waals surface area contributed by atoms with Gasteiger partial charge in [0.05, 0.1) is 0 Å². The van der Waals surface area contributed by atoms with Gasteiger partial charge in [-0.15, -0.1) is 0 Å². The first-order valence-electron chi connectivity index (χ1n) is 8.74. The number of aliphatic carboxylic acids is 8. The van der Waals surface area contributed by atoms with Crippen LogP contribution in [0.15, 0.2) is 0 Å². The fraction of sp³-hybridized carbons (Fsp3) is 0.556. The summed E-state index contributed by atoms with van der Waals surface area (Å²) in [6.45, 7) is 9.86. The third-order valence-corrected chi connectivity index (χ3v) is 0.167. The Balaban J connectivity index is -0.0000000184. The number of hydrogen-bond acceptors (Lipinski definition) is 10. The molecule has 0 heterocycles. The number of rotatable bonds is 1. The van der Waals surface area contributed by atoms with Crippen molar-refractivity contribution in [3.63, 3.8) is 0 Å². The van der Waals surface area contributed by atoms with E-state index in [9.17, 15) is 0 Å². The van der Waals surface area contributed by atoms with Crippen molar-refractivity contribution in [1.29, 1.82) is 0 Å². The van der Waals surface area contributed by atoms with Crippen LogP contribution in [-0.4, -0.2) is 220 Å². The molecule has 0 aromatic carbocycles. The minimum atomic E-state index is -0.833. The van der Waals surface area contributed by atoms with Crippen LogP contribution in [0.4, 0.5) is 0 Å². The fourth-order valence-electron chi connectivity index (χ4n) is 0. The zero-order valence-corrected chi connectivity index (χ0v) is 21.4. The molecule has 0 aliphatic carbocycles. The molecule has 0 bridgehead atoms. The van der Waals surface area contributed by atoms with Crippen molar-refractivity contribution in [3.8, 4) is 0 Å². The second-order valence-corrected chi connectivity index (χ2v) is 4.73. The summed E-state index contributed by atoms with van der Waals surface area (Å²) in [6.07, 6.45) is 0. The van der Waals surface area contributed by atoms with Crippen LogP contribution in [0.2, 0.25) is 0 Å². The van der Waals surface area contributed by atoms with Crippen molar-refractivity contribution in [2.75, 3.05) is 13.1 Å². The third kappa shape index (κ3) is 110000. The van der Waals surface area contributed by atoms with Gasteiger partial charge in [-0.2, -0.15) is 0 Å². The molecule has 0 rings (SSSR count). The number of nitrogens with two attached hydrogens (primary N) is 2. The third-order valence-electron chi connectivity index (χ3n) is 0.167. The number of carboxylic acids is 8. The number of carbonyl (C=O) groups is 8. The molecule has 12 N–H and O–H groups in total. The van der Waals surface area contributed by atoms with Crippen molar-refractivity contribution < 1.29 is 79.2 Å². The molecular weight excluding hydrogens is 592 g/mol. The van der Waals surface area contributed by atoms with E-state index in [-0.39, 0.29) is 118 Å². The Kier molecular flexibility index (Phi) is 174. The summed E-state index contributed by atoms with van der Waals surface area (Å²) < 4.78 is 0. The van der Waals surface area contributed by atoms with Gasteiger partial charge in [0.15, 0.2) is 0 Å². The van der Waals surface area contributed by atoms with Gasteiger partial charge in [-0.05, 0) is 0 Å². The topological polar surface area (TPSA) is 350 Å². The zero-order valence-electron chi connectivity index (χ0n) is 21.4. The first-order valence-corrected chi connectivity index (χ1v) is 8.74. The van der Waals surface area contributed by atoms with Crippen molar-refractivity contribution in [1.82, 2.24) is 0 Å². The molecule has 22 heteroatoms. The molecule has 0 atom stereocenters. The molecule has 40 heavy (non-hydrogen) atoms. The predicted octanol–water partition coefficient (Wildman–Crippen LogP) is -2.96. The minimum absolute atomic E-state index is 0. The summed E-state index contributed by atoms with van der Waals surface area (Å²) >= 11 is 0. The first-order chi connectivity index (χ1) is 15.8. The number of hydrogen-bond donors (Lipinski definition) is 10. The Hall–Kier alpha value is -0.320. The van der Waals surface area contributed by atoms with E-state index in [0.717, 1.165) is 55.4 Å². The Morgan fingerprint density at radius 1 is 0.325 bits per heavy atom. The van der Waals surface area contributed by atoms with E-state index in [1.54, 1.807) is 0 Å². The molecule has 0 aromatic rings. The quantitative estimate of drug-likeness (QED) is 0.128. The molecule has 0 aliphatic heterocycles. The summed E-state index contributed by atoms with van der Waals surface area (Å²) in [5, 5.41) is 59.3. The molecule has 0 spiro atoms. The van der Waals surface area contributed by atoms with E-state index in [0.29, 0.717) is 13.1 Å². The van der Waals surface area contributed by atoms with Crippen LogP contribution in [0.5, 0.6) is 0 Å². The fourth-order valence-corrected chi connectivity index (χ4v) is 0. The van der Waals surface area contributed by atoms with Gasteiger partial charge in [0.2, 0.25) is 0 Å². The van der Waals surface area contributed by atoms with Crippen molar-refractivity contribution in [2.45, 2.75) is 55.4 Å². The average molecular weight is 637 g/mol. The maximum absolute atomic E-state index is 9.00. The molecule has 0 saturated carbocycles. The van der Waals surface area contributed by atoms with Gasteiger partial charge in [-0.3, -0.25) is 38.4 Å². The van der Waals surface area contributed by atoms with Crippen LogP contribution < -0.4 is 11.5 Å². The molecule has 0 saturated heterocycles. The van der Waals surface area contributed by atoms with Crippen LogP contribution in [0.3, 0.4) is 0 Å². The normalized spacial score (nSPS) is 5.75. The second-order valence-electron chi connectivity index (χ2n) is 4.73. The van der Waals surface area contributed by atoms with E-state index in [1.807, 2.05) is 0 Å². The zero-order chi connectivity index (χ0) is 32.0. The Morgan fingerprint density at radius 3 is 0.350 bits per heavy atom. The standard InChI is InChI=1S/C2H8N2.8C2H4O2.4Na.4H/c3-1-2-4;8*1-2(3)4;;;;;;;;/h1-4H2;8*1H3,(H,3,4);;;;;;;;. The van der Waals surface area contributed by atoms with Crippen molar-refractivity contribution >= 4 is 166 Å². The van der Waals surface area contributed by atoms with Crippen LogP contribution in [0, 0.1) is 0 Å². The Morgan fingerprint density at radius 2 is 0.350 bits per heavy atom. The maximum atomic E-state index is 9.00. The van der Waals surface area contributed by atoms with E-state index in [2.05, 4.69) is 0 Å². The molecule has 226 valence electrons. The average Bonchev–Trinajstić information content (AvgIpc) is 2.50. The summed E-state index contributed by atoms with van der Waals surface area (Å²) in [7, 11) is 0. The second kappa shape index (κ2) is 83.3. The first kappa shape index (κ1) is 83.4. The van der Waals surface area contributed by atoms with Crippen LogP contribution >= 0.6 is 0 Å². The monoisotopic (exact) mass is 636 g/mol. The van der Waals surface area contributed by atoms with Gasteiger partial charge in [0.1, 0.15) is 0 Å². The van der Waals surface area contributed by atoms with E-state index in [4.69, 9.17) is 90.7 Å². The van der Waals surface area contributed by atoms with Crippen molar-refractivity contribution in [3.05, 3.63) is 0 Å². The SMILES string of the molecule is CC(=O)O.CC(=O)O.CC(=O)O.CC(=O)O.CC(=O)O.CC(=O)O.CC(=O)O.CC(=O)O.NCCN.[NaH].[NaH].[NaH].[NaH]. The van der Waals surface area contributed by atoms with E-state index in [1.165, 1.54) is 0 Å². The van der Waals surface area contributed by atoms with Crippen LogP contribution in [0.1, 0.15) is 55.4 Å². The summed E-state index contributed by atoms with van der Waals surface area (Å²) in [5.74, 6) is -6.67. The van der Waals surface area contributed by atoms with Gasteiger partial charge in [-0.1, -0.05) is 0 Å². The molecular formula is C18H44N2Na4O16. The molecule has 0 aromatic heterocycles. The molecule has 0 unspecified atom stereocenters. The summed E-state index contributed by atoms with van der Waals surface area (Å²) in [4.78, 5) is 72.0. The molecule has 0 aliphatic rings. The van der Waals surface area contributed by atoms with Gasteiger partial charge >= 0.3 is 118 Å². The van der Waals surface area contributed by atoms with Gasteiger partial charge in [-0.25, -0.2) is 0 Å². The molecule has 18 nitrogen and oxygen atoms in total. The Bertz CT molecular complexity index is 418. The van der Waals surface area contributed by atoms with E-state index < -0.39 is 47.8 Å². The van der Waals surface area contributed by atoms with Gasteiger partial charge in [0, 0.05) is 68.5 Å². The molecule has 0 fully saturated rings. The number of carboxylic acid groups (broad SMARTS) is 8. The van der Waals surface area contributed by atoms with Crippen LogP contribution in [-0.2, 0) is 38.4 Å². The van der Waals surface area contributed by atoms with Crippen LogP contribution in [0.25, 0.3) is 0 Å².